The standard InChI is InChI=1S/C14H24N2O/c1-12(2)7-9-17-10-8-16-11-13-5-3-4-6-14(13)15/h3-6,12,16H,7-11,15H2,1-2H3. The van der Waals surface area contributed by atoms with Crippen LogP contribution in [0.4, 0.5) is 5.69 Å². The largest absolute Gasteiger partial charge is 0.398 e. The SMILES string of the molecule is CC(C)CCOCCNCc1ccccc1N. The quantitative estimate of drug-likeness (QED) is 0.538. The van der Waals surface area contributed by atoms with Gasteiger partial charge < -0.3 is 15.8 Å². The Morgan fingerprint density at radius 2 is 2.00 bits per heavy atom. The van der Waals surface area contributed by atoms with Gasteiger partial charge in [0, 0.05) is 25.4 Å². The number of rotatable bonds is 8. The van der Waals surface area contributed by atoms with Crippen LogP contribution in [0.25, 0.3) is 0 Å². The Labute approximate surface area is 104 Å². The van der Waals surface area contributed by atoms with E-state index in [1.807, 2.05) is 24.3 Å². The third-order valence-corrected chi connectivity index (χ3v) is 2.63. The maximum atomic E-state index is 5.85. The van der Waals surface area contributed by atoms with Crippen LogP contribution in [0.5, 0.6) is 0 Å². The highest BCUT2D eigenvalue weighted by molar-refractivity contribution is 5.46. The Bertz CT molecular complexity index is 313. The highest BCUT2D eigenvalue weighted by Crippen LogP contribution is 2.09. The van der Waals surface area contributed by atoms with E-state index in [4.69, 9.17) is 10.5 Å². The van der Waals surface area contributed by atoms with Crippen LogP contribution in [0, 0.1) is 5.92 Å². The summed E-state index contributed by atoms with van der Waals surface area (Å²) < 4.78 is 5.52. The summed E-state index contributed by atoms with van der Waals surface area (Å²) in [7, 11) is 0. The molecule has 17 heavy (non-hydrogen) atoms. The molecule has 0 saturated heterocycles. The molecule has 3 nitrogen and oxygen atoms in total. The molecule has 1 rings (SSSR count). The fraction of sp³-hybridized carbons (Fsp3) is 0.571. The molecule has 0 atom stereocenters. The molecule has 3 N–H and O–H groups in total. The molecular weight excluding hydrogens is 212 g/mol. The fourth-order valence-corrected chi connectivity index (χ4v) is 1.48. The van der Waals surface area contributed by atoms with E-state index in [-0.39, 0.29) is 0 Å². The number of nitrogens with one attached hydrogen (secondary N) is 1. The second-order valence-electron chi connectivity index (χ2n) is 4.67. The lowest BCUT2D eigenvalue weighted by Gasteiger charge is -2.09. The molecule has 0 bridgehead atoms. The zero-order valence-electron chi connectivity index (χ0n) is 10.9. The molecule has 0 saturated carbocycles. The zero-order valence-corrected chi connectivity index (χ0v) is 10.9. The maximum absolute atomic E-state index is 5.85. The number of hydrogen-bond acceptors (Lipinski definition) is 3. The first-order valence-electron chi connectivity index (χ1n) is 6.32. The third kappa shape index (κ3) is 6.29. The zero-order chi connectivity index (χ0) is 12.5. The van der Waals surface area contributed by atoms with Crippen molar-refractivity contribution in [2.75, 3.05) is 25.5 Å². The van der Waals surface area contributed by atoms with Gasteiger partial charge in [-0.25, -0.2) is 0 Å². The lowest BCUT2D eigenvalue weighted by molar-refractivity contribution is 0.125. The molecular formula is C14H24N2O. The number of benzene rings is 1. The minimum atomic E-state index is 0.715. The van der Waals surface area contributed by atoms with Gasteiger partial charge in [0.15, 0.2) is 0 Å². The van der Waals surface area contributed by atoms with E-state index in [2.05, 4.69) is 19.2 Å². The molecule has 0 aliphatic rings. The van der Waals surface area contributed by atoms with Gasteiger partial charge in [-0.3, -0.25) is 0 Å². The van der Waals surface area contributed by atoms with Gasteiger partial charge in [0.2, 0.25) is 0 Å². The lowest BCUT2D eigenvalue weighted by atomic mass is 10.1. The molecule has 3 heteroatoms. The van der Waals surface area contributed by atoms with Crippen molar-refractivity contribution in [2.45, 2.75) is 26.8 Å². The van der Waals surface area contributed by atoms with Crippen molar-refractivity contribution in [3.8, 4) is 0 Å². The molecule has 0 heterocycles. The molecule has 0 aliphatic heterocycles. The monoisotopic (exact) mass is 236 g/mol. The third-order valence-electron chi connectivity index (χ3n) is 2.63. The van der Waals surface area contributed by atoms with E-state index in [1.165, 1.54) is 0 Å². The number of para-hydroxylation sites is 1. The van der Waals surface area contributed by atoms with Gasteiger partial charge in [0.05, 0.1) is 6.61 Å². The average Bonchev–Trinajstić information content (AvgIpc) is 2.30. The Morgan fingerprint density at radius 1 is 1.24 bits per heavy atom. The van der Waals surface area contributed by atoms with E-state index in [0.29, 0.717) is 5.92 Å². The Kier molecular flexibility index (Phi) is 6.67. The number of nitrogen functional groups attached to an aromatic ring is 1. The summed E-state index contributed by atoms with van der Waals surface area (Å²) in [4.78, 5) is 0. The first-order valence-corrected chi connectivity index (χ1v) is 6.32. The van der Waals surface area contributed by atoms with Crippen LogP contribution in [-0.2, 0) is 11.3 Å². The van der Waals surface area contributed by atoms with Crippen LogP contribution >= 0.6 is 0 Å². The number of anilines is 1. The van der Waals surface area contributed by atoms with Crippen LogP contribution in [-0.4, -0.2) is 19.8 Å². The molecule has 0 aliphatic carbocycles. The molecule has 96 valence electrons. The predicted molar refractivity (Wildman–Crippen MR) is 72.8 cm³/mol. The van der Waals surface area contributed by atoms with Crippen molar-refractivity contribution < 1.29 is 4.74 Å². The van der Waals surface area contributed by atoms with Crippen molar-refractivity contribution in [1.29, 1.82) is 0 Å². The molecule has 0 aromatic heterocycles. The van der Waals surface area contributed by atoms with E-state index in [1.54, 1.807) is 0 Å². The van der Waals surface area contributed by atoms with Gasteiger partial charge in [-0.2, -0.15) is 0 Å². The first-order chi connectivity index (χ1) is 8.20. The van der Waals surface area contributed by atoms with E-state index >= 15 is 0 Å². The Balaban J connectivity index is 2.03. The average molecular weight is 236 g/mol. The normalized spacial score (nSPS) is 11.0. The molecule has 0 unspecified atom stereocenters. The van der Waals surface area contributed by atoms with Crippen LogP contribution in [0.1, 0.15) is 25.8 Å². The number of ether oxygens (including phenoxy) is 1. The van der Waals surface area contributed by atoms with Crippen molar-refractivity contribution in [1.82, 2.24) is 5.32 Å². The minimum Gasteiger partial charge on any atom is -0.398 e. The minimum absolute atomic E-state index is 0.715. The second kappa shape index (κ2) is 8.09. The summed E-state index contributed by atoms with van der Waals surface area (Å²) in [5, 5.41) is 3.33. The maximum Gasteiger partial charge on any atom is 0.0591 e. The molecule has 0 spiro atoms. The van der Waals surface area contributed by atoms with Gasteiger partial charge in [-0.1, -0.05) is 32.0 Å². The molecule has 0 amide bonds. The molecule has 1 aromatic carbocycles. The summed E-state index contributed by atoms with van der Waals surface area (Å²) in [6.45, 7) is 7.71. The van der Waals surface area contributed by atoms with E-state index in [9.17, 15) is 0 Å². The van der Waals surface area contributed by atoms with E-state index < -0.39 is 0 Å². The van der Waals surface area contributed by atoms with Crippen LogP contribution in [0.2, 0.25) is 0 Å². The topological polar surface area (TPSA) is 47.3 Å². The summed E-state index contributed by atoms with van der Waals surface area (Å²) in [6, 6.07) is 7.93. The number of hydrogen-bond donors (Lipinski definition) is 2. The Morgan fingerprint density at radius 3 is 2.71 bits per heavy atom. The van der Waals surface area contributed by atoms with Crippen molar-refractivity contribution >= 4 is 5.69 Å². The summed E-state index contributed by atoms with van der Waals surface area (Å²) in [6.07, 6.45) is 1.13. The van der Waals surface area contributed by atoms with Gasteiger partial charge in [-0.05, 0) is 24.0 Å². The fourth-order valence-electron chi connectivity index (χ4n) is 1.48. The van der Waals surface area contributed by atoms with Crippen LogP contribution < -0.4 is 11.1 Å². The van der Waals surface area contributed by atoms with Gasteiger partial charge in [0.1, 0.15) is 0 Å². The van der Waals surface area contributed by atoms with Gasteiger partial charge >= 0.3 is 0 Å². The van der Waals surface area contributed by atoms with Crippen molar-refractivity contribution in [2.24, 2.45) is 5.92 Å². The van der Waals surface area contributed by atoms with Crippen LogP contribution in [0.3, 0.4) is 0 Å². The highest BCUT2D eigenvalue weighted by Gasteiger charge is 1.97. The lowest BCUT2D eigenvalue weighted by Crippen LogP contribution is -2.20. The van der Waals surface area contributed by atoms with Crippen molar-refractivity contribution in [3.63, 3.8) is 0 Å². The van der Waals surface area contributed by atoms with Gasteiger partial charge in [0.25, 0.3) is 0 Å². The first kappa shape index (κ1) is 14.0. The van der Waals surface area contributed by atoms with E-state index in [0.717, 1.165) is 44.0 Å². The molecule has 1 aromatic rings. The number of nitrogens with two attached hydrogens (primary N) is 1. The highest BCUT2D eigenvalue weighted by atomic mass is 16.5. The van der Waals surface area contributed by atoms with Crippen molar-refractivity contribution in [3.05, 3.63) is 29.8 Å². The smallest absolute Gasteiger partial charge is 0.0591 e. The second-order valence-corrected chi connectivity index (χ2v) is 4.67. The van der Waals surface area contributed by atoms with Gasteiger partial charge in [-0.15, -0.1) is 0 Å². The molecule has 0 fully saturated rings. The Hall–Kier alpha value is -1.06. The summed E-state index contributed by atoms with van der Waals surface area (Å²) in [5.41, 5.74) is 7.84. The predicted octanol–water partition coefficient (Wildman–Crippen LogP) is 2.42. The van der Waals surface area contributed by atoms with Crippen LogP contribution in [0.15, 0.2) is 24.3 Å². The summed E-state index contributed by atoms with van der Waals surface area (Å²) in [5.74, 6) is 0.715. The summed E-state index contributed by atoms with van der Waals surface area (Å²) >= 11 is 0. The molecule has 0 radical (unpaired) electrons.